The maximum Gasteiger partial charge on any atom is 0.274 e. The maximum atomic E-state index is 11.7. The molecule has 0 unspecified atom stereocenters. The van der Waals surface area contributed by atoms with Gasteiger partial charge in [-0.3, -0.25) is 4.84 Å². The Bertz CT molecular complexity index is 364. The van der Waals surface area contributed by atoms with E-state index in [1.807, 2.05) is 0 Å². The Kier molecular flexibility index (Phi) is 2.37. The molecule has 1 aromatic rings. The van der Waals surface area contributed by atoms with Crippen LogP contribution in [0.15, 0.2) is 21.7 Å². The van der Waals surface area contributed by atoms with E-state index in [2.05, 4.69) is 0 Å². The number of hydrogen-bond acceptors (Lipinski definition) is 4. The Balaban J connectivity index is 2.30. The van der Waals surface area contributed by atoms with Crippen molar-refractivity contribution in [2.75, 3.05) is 13.2 Å². The lowest BCUT2D eigenvalue weighted by Gasteiger charge is -2.11. The van der Waals surface area contributed by atoms with E-state index in [1.54, 1.807) is 17.5 Å². The van der Waals surface area contributed by atoms with Crippen molar-refractivity contribution in [3.63, 3.8) is 0 Å². The van der Waals surface area contributed by atoms with Crippen LogP contribution in [0, 0.1) is 0 Å². The molecule has 0 saturated carbocycles. The van der Waals surface area contributed by atoms with Gasteiger partial charge in [0.05, 0.1) is 6.61 Å². The molecule has 1 aromatic heterocycles. The van der Waals surface area contributed by atoms with E-state index >= 15 is 0 Å². The van der Waals surface area contributed by atoms with Crippen LogP contribution in [0.2, 0.25) is 0 Å². The zero-order valence-corrected chi connectivity index (χ0v) is 8.47. The van der Waals surface area contributed by atoms with Gasteiger partial charge in [0.2, 0.25) is 0 Å². The molecule has 0 amide bonds. The summed E-state index contributed by atoms with van der Waals surface area (Å²) in [5.41, 5.74) is 0. The molecule has 0 spiro atoms. The van der Waals surface area contributed by atoms with Crippen LogP contribution < -0.4 is 0 Å². The first-order valence-corrected chi connectivity index (χ1v) is 6.22. The van der Waals surface area contributed by atoms with Gasteiger partial charge in [-0.1, -0.05) is 10.5 Å². The molecule has 2 heterocycles. The van der Waals surface area contributed by atoms with E-state index in [9.17, 15) is 8.42 Å². The molecule has 0 aliphatic carbocycles. The predicted octanol–water partition coefficient (Wildman–Crippen LogP) is 1.07. The monoisotopic (exact) mass is 219 g/mol. The lowest BCUT2D eigenvalue weighted by molar-refractivity contribution is -0.0282. The topological polar surface area (TPSA) is 46.6 Å². The lowest BCUT2D eigenvalue weighted by atomic mass is 10.5. The molecule has 6 heteroatoms. The fourth-order valence-electron chi connectivity index (χ4n) is 1.12. The highest BCUT2D eigenvalue weighted by Gasteiger charge is 2.29. The zero-order chi connectivity index (χ0) is 9.31. The molecule has 72 valence electrons. The average Bonchev–Trinajstić information content (AvgIpc) is 2.78. The molecule has 0 bridgehead atoms. The van der Waals surface area contributed by atoms with E-state index in [-0.39, 0.29) is 0 Å². The molecule has 1 aliphatic rings. The minimum absolute atomic E-state index is 0.342. The van der Waals surface area contributed by atoms with E-state index < -0.39 is 10.0 Å². The Hall–Kier alpha value is -0.430. The maximum absolute atomic E-state index is 11.7. The molecule has 13 heavy (non-hydrogen) atoms. The minimum atomic E-state index is -3.37. The Morgan fingerprint density at radius 3 is 2.92 bits per heavy atom. The Morgan fingerprint density at radius 1 is 1.54 bits per heavy atom. The summed E-state index contributed by atoms with van der Waals surface area (Å²) in [6.45, 7) is 0.949. The molecule has 0 radical (unpaired) electrons. The Labute approximate surface area is 80.7 Å². The van der Waals surface area contributed by atoms with Crippen LogP contribution in [-0.4, -0.2) is 26.0 Å². The molecule has 1 aliphatic heterocycles. The molecule has 4 nitrogen and oxygen atoms in total. The van der Waals surface area contributed by atoms with Gasteiger partial charge in [-0.15, -0.1) is 11.3 Å². The van der Waals surface area contributed by atoms with Crippen LogP contribution in [0.3, 0.4) is 0 Å². The van der Waals surface area contributed by atoms with Crippen LogP contribution in [0.1, 0.15) is 6.42 Å². The van der Waals surface area contributed by atoms with Gasteiger partial charge >= 0.3 is 0 Å². The molecule has 0 atom stereocenters. The first-order valence-electron chi connectivity index (χ1n) is 3.90. The van der Waals surface area contributed by atoms with Gasteiger partial charge in [0.1, 0.15) is 4.21 Å². The molecule has 1 saturated heterocycles. The second-order valence-electron chi connectivity index (χ2n) is 2.65. The highest BCUT2D eigenvalue weighted by atomic mass is 32.2. The quantitative estimate of drug-likeness (QED) is 0.747. The van der Waals surface area contributed by atoms with E-state index in [0.717, 1.165) is 10.9 Å². The summed E-state index contributed by atoms with van der Waals surface area (Å²) in [5, 5.41) is 1.74. The first kappa shape index (κ1) is 9.14. The largest absolute Gasteiger partial charge is 0.284 e. The number of hydrogen-bond donors (Lipinski definition) is 0. The normalized spacial score (nSPS) is 19.4. The predicted molar refractivity (Wildman–Crippen MR) is 48.8 cm³/mol. The highest BCUT2D eigenvalue weighted by Crippen LogP contribution is 2.23. The summed E-state index contributed by atoms with van der Waals surface area (Å²) in [6.07, 6.45) is 0.768. The highest BCUT2D eigenvalue weighted by molar-refractivity contribution is 7.91. The minimum Gasteiger partial charge on any atom is -0.284 e. The van der Waals surface area contributed by atoms with E-state index in [1.165, 1.54) is 11.3 Å². The summed E-state index contributed by atoms with van der Waals surface area (Å²) in [6, 6.07) is 3.30. The fourth-order valence-corrected chi connectivity index (χ4v) is 3.51. The SMILES string of the molecule is O=S(=O)(c1cccs1)N1CCCO1. The molecular weight excluding hydrogens is 210 g/mol. The van der Waals surface area contributed by atoms with Crippen molar-refractivity contribution in [2.24, 2.45) is 0 Å². The summed E-state index contributed by atoms with van der Waals surface area (Å²) in [7, 11) is -3.37. The van der Waals surface area contributed by atoms with Crippen LogP contribution in [0.4, 0.5) is 0 Å². The van der Waals surface area contributed by atoms with E-state index in [4.69, 9.17) is 4.84 Å². The van der Waals surface area contributed by atoms with Crippen molar-refractivity contribution in [1.29, 1.82) is 0 Å². The molecule has 2 rings (SSSR count). The summed E-state index contributed by atoms with van der Waals surface area (Å²) in [5.74, 6) is 0. The average molecular weight is 219 g/mol. The summed E-state index contributed by atoms with van der Waals surface area (Å²) < 4.78 is 24.8. The number of sulfonamides is 1. The van der Waals surface area contributed by atoms with Crippen molar-refractivity contribution >= 4 is 21.4 Å². The summed E-state index contributed by atoms with van der Waals surface area (Å²) in [4.78, 5) is 4.99. The fraction of sp³-hybridized carbons (Fsp3) is 0.429. The summed E-state index contributed by atoms with van der Waals surface area (Å²) >= 11 is 1.21. The zero-order valence-electron chi connectivity index (χ0n) is 6.84. The van der Waals surface area contributed by atoms with Crippen molar-refractivity contribution < 1.29 is 13.3 Å². The van der Waals surface area contributed by atoms with Crippen molar-refractivity contribution in [2.45, 2.75) is 10.6 Å². The van der Waals surface area contributed by atoms with Crippen LogP contribution in [0.5, 0.6) is 0 Å². The van der Waals surface area contributed by atoms with Gasteiger partial charge in [0.25, 0.3) is 10.0 Å². The van der Waals surface area contributed by atoms with Crippen molar-refractivity contribution in [3.8, 4) is 0 Å². The number of rotatable bonds is 2. The van der Waals surface area contributed by atoms with Gasteiger partial charge in [0, 0.05) is 6.54 Å². The molecular formula is C7H9NO3S2. The van der Waals surface area contributed by atoms with Crippen molar-refractivity contribution in [1.82, 2.24) is 4.47 Å². The smallest absolute Gasteiger partial charge is 0.274 e. The van der Waals surface area contributed by atoms with E-state index in [0.29, 0.717) is 17.4 Å². The van der Waals surface area contributed by atoms with Gasteiger partial charge < -0.3 is 0 Å². The number of nitrogens with zero attached hydrogens (tertiary/aromatic N) is 1. The van der Waals surface area contributed by atoms with Gasteiger partial charge in [-0.05, 0) is 17.9 Å². The third-order valence-electron chi connectivity index (χ3n) is 1.74. The van der Waals surface area contributed by atoms with Crippen LogP contribution in [-0.2, 0) is 14.9 Å². The third kappa shape index (κ3) is 1.62. The van der Waals surface area contributed by atoms with Crippen molar-refractivity contribution in [3.05, 3.63) is 17.5 Å². The van der Waals surface area contributed by atoms with Crippen LogP contribution >= 0.6 is 11.3 Å². The standard InChI is InChI=1S/C7H9NO3S2/c9-13(10,7-3-1-6-12-7)8-4-2-5-11-8/h1,3,6H,2,4-5H2. The molecule has 0 N–H and O–H groups in total. The molecule has 0 aromatic carbocycles. The van der Waals surface area contributed by atoms with Gasteiger partial charge in [0.15, 0.2) is 0 Å². The molecule has 1 fully saturated rings. The second kappa shape index (κ2) is 3.38. The van der Waals surface area contributed by atoms with Crippen LogP contribution in [0.25, 0.3) is 0 Å². The second-order valence-corrected chi connectivity index (χ2v) is 5.65. The number of hydroxylamine groups is 1. The number of thiophene rings is 1. The Morgan fingerprint density at radius 2 is 2.38 bits per heavy atom. The first-order chi connectivity index (χ1) is 6.21. The van der Waals surface area contributed by atoms with Gasteiger partial charge in [-0.25, -0.2) is 8.42 Å². The lowest BCUT2D eigenvalue weighted by Crippen LogP contribution is -2.25. The van der Waals surface area contributed by atoms with Gasteiger partial charge in [-0.2, -0.15) is 0 Å². The third-order valence-corrected chi connectivity index (χ3v) is 4.79.